The standard InChI is InChI=1S/C18H10BrFO/c19-12-8-11(9-13(20)10-12)14-5-3-7-17-18(14)15-4-1-2-6-16(15)21-17/h1-10H. The number of benzene rings is 3. The van der Waals surface area contributed by atoms with Crippen LogP contribution in [0.15, 0.2) is 69.6 Å². The molecule has 1 aromatic heterocycles. The smallest absolute Gasteiger partial charge is 0.136 e. The molecule has 0 N–H and O–H groups in total. The summed E-state index contributed by atoms with van der Waals surface area (Å²) in [5.41, 5.74) is 3.46. The molecule has 0 fully saturated rings. The molecule has 0 amide bonds. The highest BCUT2D eigenvalue weighted by molar-refractivity contribution is 9.10. The van der Waals surface area contributed by atoms with E-state index in [1.165, 1.54) is 6.07 Å². The Bertz CT molecular complexity index is 951. The van der Waals surface area contributed by atoms with E-state index in [1.807, 2.05) is 48.5 Å². The van der Waals surface area contributed by atoms with Crippen molar-refractivity contribution >= 4 is 37.9 Å². The molecule has 0 aliphatic carbocycles. The molecule has 0 radical (unpaired) electrons. The molecule has 102 valence electrons. The van der Waals surface area contributed by atoms with Crippen molar-refractivity contribution in [3.05, 3.63) is 71.0 Å². The highest BCUT2D eigenvalue weighted by atomic mass is 79.9. The zero-order valence-corrected chi connectivity index (χ0v) is 12.5. The van der Waals surface area contributed by atoms with Crippen LogP contribution in [0.1, 0.15) is 0 Å². The Morgan fingerprint density at radius 1 is 0.857 bits per heavy atom. The Hall–Kier alpha value is -2.13. The second-order valence-electron chi connectivity index (χ2n) is 4.94. The lowest BCUT2D eigenvalue weighted by atomic mass is 9.99. The van der Waals surface area contributed by atoms with Gasteiger partial charge in [-0.05, 0) is 41.5 Å². The maximum Gasteiger partial charge on any atom is 0.136 e. The highest BCUT2D eigenvalue weighted by Gasteiger charge is 2.12. The van der Waals surface area contributed by atoms with Crippen LogP contribution >= 0.6 is 15.9 Å². The molecule has 0 unspecified atom stereocenters. The third-order valence-electron chi connectivity index (χ3n) is 3.58. The van der Waals surface area contributed by atoms with Crippen molar-refractivity contribution in [2.45, 2.75) is 0 Å². The Morgan fingerprint density at radius 3 is 2.52 bits per heavy atom. The van der Waals surface area contributed by atoms with Crippen LogP contribution < -0.4 is 0 Å². The number of halogens is 2. The lowest BCUT2D eigenvalue weighted by Crippen LogP contribution is -1.82. The van der Waals surface area contributed by atoms with Crippen LogP contribution in [0.5, 0.6) is 0 Å². The van der Waals surface area contributed by atoms with Crippen LogP contribution in [0.2, 0.25) is 0 Å². The molecular formula is C18H10BrFO. The maximum absolute atomic E-state index is 13.7. The Labute approximate surface area is 129 Å². The van der Waals surface area contributed by atoms with Crippen molar-refractivity contribution < 1.29 is 8.81 Å². The molecular weight excluding hydrogens is 331 g/mol. The predicted octanol–water partition coefficient (Wildman–Crippen LogP) is 6.15. The van der Waals surface area contributed by atoms with E-state index in [0.29, 0.717) is 0 Å². The third-order valence-corrected chi connectivity index (χ3v) is 4.03. The fourth-order valence-electron chi connectivity index (χ4n) is 2.72. The van der Waals surface area contributed by atoms with Crippen LogP contribution in [-0.2, 0) is 0 Å². The highest BCUT2D eigenvalue weighted by Crippen LogP contribution is 2.37. The summed E-state index contributed by atoms with van der Waals surface area (Å²) >= 11 is 3.35. The van der Waals surface area contributed by atoms with Gasteiger partial charge in [0, 0.05) is 15.2 Å². The van der Waals surface area contributed by atoms with Gasteiger partial charge in [-0.25, -0.2) is 4.39 Å². The number of rotatable bonds is 1. The van der Waals surface area contributed by atoms with Gasteiger partial charge in [0.15, 0.2) is 0 Å². The second kappa shape index (κ2) is 4.71. The van der Waals surface area contributed by atoms with Gasteiger partial charge in [-0.15, -0.1) is 0 Å². The molecule has 4 rings (SSSR count). The Balaban J connectivity index is 2.13. The van der Waals surface area contributed by atoms with Crippen LogP contribution in [0.4, 0.5) is 4.39 Å². The van der Waals surface area contributed by atoms with Crippen LogP contribution in [0.25, 0.3) is 33.1 Å². The average Bonchev–Trinajstić information content (AvgIpc) is 2.84. The van der Waals surface area contributed by atoms with E-state index in [1.54, 1.807) is 6.07 Å². The summed E-state index contributed by atoms with van der Waals surface area (Å²) in [6.45, 7) is 0. The first-order valence-electron chi connectivity index (χ1n) is 6.59. The first-order valence-corrected chi connectivity index (χ1v) is 7.38. The second-order valence-corrected chi connectivity index (χ2v) is 5.85. The number of para-hydroxylation sites is 1. The van der Waals surface area contributed by atoms with E-state index in [0.717, 1.165) is 37.5 Å². The van der Waals surface area contributed by atoms with Crippen molar-refractivity contribution in [3.8, 4) is 11.1 Å². The van der Waals surface area contributed by atoms with E-state index in [2.05, 4.69) is 15.9 Å². The van der Waals surface area contributed by atoms with Crippen LogP contribution in [0, 0.1) is 5.82 Å². The molecule has 0 aliphatic heterocycles. The first kappa shape index (κ1) is 12.6. The summed E-state index contributed by atoms with van der Waals surface area (Å²) in [6.07, 6.45) is 0. The lowest BCUT2D eigenvalue weighted by molar-refractivity contribution is 0.627. The minimum absolute atomic E-state index is 0.260. The zero-order chi connectivity index (χ0) is 14.4. The normalized spacial score (nSPS) is 11.3. The molecule has 0 aliphatic rings. The third kappa shape index (κ3) is 2.05. The van der Waals surface area contributed by atoms with Crippen molar-refractivity contribution in [3.63, 3.8) is 0 Å². The number of hydrogen-bond acceptors (Lipinski definition) is 1. The van der Waals surface area contributed by atoms with Gasteiger partial charge in [-0.1, -0.05) is 46.3 Å². The summed E-state index contributed by atoms with van der Waals surface area (Å²) in [5, 5.41) is 2.06. The summed E-state index contributed by atoms with van der Waals surface area (Å²) in [6, 6.07) is 18.7. The van der Waals surface area contributed by atoms with Crippen molar-refractivity contribution in [2.24, 2.45) is 0 Å². The minimum atomic E-state index is -0.260. The lowest BCUT2D eigenvalue weighted by Gasteiger charge is -2.05. The molecule has 0 saturated carbocycles. The molecule has 3 aromatic carbocycles. The number of hydrogen-bond donors (Lipinski definition) is 0. The molecule has 0 atom stereocenters. The zero-order valence-electron chi connectivity index (χ0n) is 10.9. The number of furan rings is 1. The van der Waals surface area contributed by atoms with Gasteiger partial charge in [0.2, 0.25) is 0 Å². The summed E-state index contributed by atoms with van der Waals surface area (Å²) < 4.78 is 20.3. The number of fused-ring (bicyclic) bond motifs is 3. The first-order chi connectivity index (χ1) is 10.2. The van der Waals surface area contributed by atoms with Crippen LogP contribution in [0.3, 0.4) is 0 Å². The van der Waals surface area contributed by atoms with E-state index < -0.39 is 0 Å². The van der Waals surface area contributed by atoms with Gasteiger partial charge in [-0.2, -0.15) is 0 Å². The molecule has 4 aromatic rings. The summed E-state index contributed by atoms with van der Waals surface area (Å²) in [7, 11) is 0. The Morgan fingerprint density at radius 2 is 1.67 bits per heavy atom. The van der Waals surface area contributed by atoms with Crippen molar-refractivity contribution in [2.75, 3.05) is 0 Å². The van der Waals surface area contributed by atoms with Gasteiger partial charge in [-0.3, -0.25) is 0 Å². The minimum Gasteiger partial charge on any atom is -0.456 e. The molecule has 0 bridgehead atoms. The molecule has 21 heavy (non-hydrogen) atoms. The molecule has 0 spiro atoms. The van der Waals surface area contributed by atoms with Crippen LogP contribution in [-0.4, -0.2) is 0 Å². The molecule has 0 saturated heterocycles. The fraction of sp³-hybridized carbons (Fsp3) is 0. The van der Waals surface area contributed by atoms with E-state index in [4.69, 9.17) is 4.42 Å². The quantitative estimate of drug-likeness (QED) is 0.404. The molecule has 1 nitrogen and oxygen atoms in total. The van der Waals surface area contributed by atoms with Crippen molar-refractivity contribution in [1.29, 1.82) is 0 Å². The van der Waals surface area contributed by atoms with Gasteiger partial charge in [0.1, 0.15) is 17.0 Å². The summed E-state index contributed by atoms with van der Waals surface area (Å²) in [5.74, 6) is -0.260. The average molecular weight is 341 g/mol. The van der Waals surface area contributed by atoms with E-state index in [-0.39, 0.29) is 5.82 Å². The fourth-order valence-corrected chi connectivity index (χ4v) is 3.19. The summed E-state index contributed by atoms with van der Waals surface area (Å²) in [4.78, 5) is 0. The van der Waals surface area contributed by atoms with Gasteiger partial charge < -0.3 is 4.42 Å². The van der Waals surface area contributed by atoms with Gasteiger partial charge >= 0.3 is 0 Å². The molecule has 3 heteroatoms. The largest absolute Gasteiger partial charge is 0.456 e. The topological polar surface area (TPSA) is 13.1 Å². The van der Waals surface area contributed by atoms with Gasteiger partial charge in [0.25, 0.3) is 0 Å². The molecule has 1 heterocycles. The predicted molar refractivity (Wildman–Crippen MR) is 86.8 cm³/mol. The Kier molecular flexibility index (Phi) is 2.82. The SMILES string of the molecule is Fc1cc(Br)cc(-c2cccc3oc4ccccc4c23)c1. The monoisotopic (exact) mass is 340 g/mol. The maximum atomic E-state index is 13.7. The van der Waals surface area contributed by atoms with Crippen molar-refractivity contribution in [1.82, 2.24) is 0 Å². The van der Waals surface area contributed by atoms with Gasteiger partial charge in [0.05, 0.1) is 0 Å². The van der Waals surface area contributed by atoms with E-state index in [9.17, 15) is 4.39 Å². The van der Waals surface area contributed by atoms with E-state index >= 15 is 0 Å².